The number of carbonyl (C=O) groups excluding carboxylic acids is 1. The molecule has 1 atom stereocenters. The zero-order valence-corrected chi connectivity index (χ0v) is 12.2. The molecule has 0 radical (unpaired) electrons. The summed E-state index contributed by atoms with van der Waals surface area (Å²) in [5.41, 5.74) is 1.13. The number of halogens is 1. The van der Waals surface area contributed by atoms with E-state index in [1.807, 2.05) is 36.1 Å². The number of carbonyl (C=O) groups is 1. The molecule has 1 amide bonds. The van der Waals surface area contributed by atoms with Gasteiger partial charge >= 0.3 is 0 Å². The molecular weight excluding hydrogens is 264 g/mol. The molecular formula is C14H21ClN2O2. The van der Waals surface area contributed by atoms with Gasteiger partial charge in [0.15, 0.2) is 6.61 Å². The zero-order chi connectivity index (χ0) is 13.0. The number of amides is 1. The fourth-order valence-corrected chi connectivity index (χ4v) is 2.14. The van der Waals surface area contributed by atoms with Crippen LogP contribution in [0.3, 0.4) is 0 Å². The first-order valence-electron chi connectivity index (χ1n) is 6.36. The molecule has 0 saturated carbocycles. The van der Waals surface area contributed by atoms with Gasteiger partial charge in [-0.25, -0.2) is 0 Å². The number of ether oxygens (including phenoxy) is 1. The summed E-state index contributed by atoms with van der Waals surface area (Å²) in [6.07, 6.45) is 0. The van der Waals surface area contributed by atoms with Crippen LogP contribution in [0.15, 0.2) is 24.3 Å². The minimum absolute atomic E-state index is 0. The fourth-order valence-electron chi connectivity index (χ4n) is 2.14. The number of hydrogen-bond acceptors (Lipinski definition) is 3. The molecule has 2 rings (SSSR count). The van der Waals surface area contributed by atoms with E-state index in [1.165, 1.54) is 0 Å². The lowest BCUT2D eigenvalue weighted by atomic mass is 10.2. The summed E-state index contributed by atoms with van der Waals surface area (Å²) in [6.45, 7) is 6.66. The molecule has 19 heavy (non-hydrogen) atoms. The summed E-state index contributed by atoms with van der Waals surface area (Å²) in [7, 11) is 0. The number of hydrogen-bond donors (Lipinski definition) is 1. The van der Waals surface area contributed by atoms with Crippen molar-refractivity contribution in [3.05, 3.63) is 29.8 Å². The molecule has 1 heterocycles. The first kappa shape index (κ1) is 15.8. The number of benzene rings is 1. The van der Waals surface area contributed by atoms with Gasteiger partial charge in [0.25, 0.3) is 5.91 Å². The second-order valence-electron chi connectivity index (χ2n) is 4.75. The third kappa shape index (κ3) is 4.40. The van der Waals surface area contributed by atoms with Crippen LogP contribution in [0.5, 0.6) is 5.75 Å². The molecule has 0 aliphatic carbocycles. The van der Waals surface area contributed by atoms with Crippen LogP contribution in [-0.2, 0) is 4.79 Å². The second-order valence-corrected chi connectivity index (χ2v) is 4.75. The van der Waals surface area contributed by atoms with Crippen LogP contribution in [0.4, 0.5) is 0 Å². The lowest BCUT2D eigenvalue weighted by Crippen LogP contribution is -2.53. The molecule has 0 bridgehead atoms. The lowest BCUT2D eigenvalue weighted by molar-refractivity contribution is -0.136. The molecule has 1 aliphatic rings. The van der Waals surface area contributed by atoms with Crippen LogP contribution in [0.25, 0.3) is 0 Å². The largest absolute Gasteiger partial charge is 0.484 e. The number of nitrogens with zero attached hydrogens (tertiary/aromatic N) is 1. The van der Waals surface area contributed by atoms with Crippen LogP contribution in [0.2, 0.25) is 0 Å². The van der Waals surface area contributed by atoms with Gasteiger partial charge in [-0.2, -0.15) is 0 Å². The molecule has 1 aromatic rings. The normalized spacial score (nSPS) is 18.6. The molecule has 106 valence electrons. The Bertz CT molecular complexity index is 426. The Morgan fingerprint density at radius 3 is 3.00 bits per heavy atom. The quantitative estimate of drug-likeness (QED) is 0.917. The Morgan fingerprint density at radius 2 is 2.32 bits per heavy atom. The van der Waals surface area contributed by atoms with Crippen molar-refractivity contribution in [3.63, 3.8) is 0 Å². The summed E-state index contributed by atoms with van der Waals surface area (Å²) in [4.78, 5) is 13.9. The van der Waals surface area contributed by atoms with Crippen molar-refractivity contribution in [3.8, 4) is 5.75 Å². The van der Waals surface area contributed by atoms with Crippen molar-refractivity contribution in [1.29, 1.82) is 0 Å². The van der Waals surface area contributed by atoms with Gasteiger partial charge in [0.1, 0.15) is 5.75 Å². The van der Waals surface area contributed by atoms with Crippen molar-refractivity contribution in [2.24, 2.45) is 0 Å². The fraction of sp³-hybridized carbons (Fsp3) is 0.500. The van der Waals surface area contributed by atoms with Gasteiger partial charge in [-0.15, -0.1) is 12.4 Å². The number of nitrogens with one attached hydrogen (secondary N) is 1. The first-order chi connectivity index (χ1) is 8.66. The molecule has 0 spiro atoms. The minimum Gasteiger partial charge on any atom is -0.484 e. The van der Waals surface area contributed by atoms with Crippen molar-refractivity contribution >= 4 is 18.3 Å². The minimum atomic E-state index is 0. The van der Waals surface area contributed by atoms with Crippen LogP contribution >= 0.6 is 12.4 Å². The Balaban J connectivity index is 0.00000180. The second kappa shape index (κ2) is 7.36. The predicted molar refractivity (Wildman–Crippen MR) is 78.0 cm³/mol. The average Bonchev–Trinajstić information content (AvgIpc) is 2.37. The van der Waals surface area contributed by atoms with E-state index in [-0.39, 0.29) is 31.0 Å². The Hall–Kier alpha value is -1.26. The van der Waals surface area contributed by atoms with Crippen LogP contribution in [0.1, 0.15) is 12.5 Å². The summed E-state index contributed by atoms with van der Waals surface area (Å²) >= 11 is 0. The van der Waals surface area contributed by atoms with E-state index in [0.29, 0.717) is 0 Å². The van der Waals surface area contributed by atoms with Crippen molar-refractivity contribution in [2.75, 3.05) is 26.2 Å². The molecule has 1 aromatic carbocycles. The topological polar surface area (TPSA) is 41.6 Å². The third-order valence-corrected chi connectivity index (χ3v) is 3.17. The highest BCUT2D eigenvalue weighted by Crippen LogP contribution is 2.12. The maximum absolute atomic E-state index is 12.0. The van der Waals surface area contributed by atoms with Crippen LogP contribution < -0.4 is 10.1 Å². The summed E-state index contributed by atoms with van der Waals surface area (Å²) in [5, 5.41) is 3.27. The number of aryl methyl sites for hydroxylation is 1. The summed E-state index contributed by atoms with van der Waals surface area (Å²) < 4.78 is 5.54. The highest BCUT2D eigenvalue weighted by molar-refractivity contribution is 5.85. The maximum Gasteiger partial charge on any atom is 0.260 e. The van der Waals surface area contributed by atoms with Gasteiger partial charge in [-0.3, -0.25) is 4.79 Å². The maximum atomic E-state index is 12.0. The molecule has 0 unspecified atom stereocenters. The number of piperazine rings is 1. The third-order valence-electron chi connectivity index (χ3n) is 3.17. The van der Waals surface area contributed by atoms with Gasteiger partial charge in [-0.1, -0.05) is 12.1 Å². The molecule has 1 saturated heterocycles. The Kier molecular flexibility index (Phi) is 6.12. The average molecular weight is 285 g/mol. The van der Waals surface area contributed by atoms with Crippen LogP contribution in [0, 0.1) is 6.92 Å². The molecule has 1 aliphatic heterocycles. The van der Waals surface area contributed by atoms with Gasteiger partial charge in [0.05, 0.1) is 0 Å². The van der Waals surface area contributed by atoms with E-state index in [0.717, 1.165) is 30.9 Å². The molecule has 1 fully saturated rings. The highest BCUT2D eigenvalue weighted by Gasteiger charge is 2.22. The molecule has 1 N–H and O–H groups in total. The Morgan fingerprint density at radius 1 is 1.53 bits per heavy atom. The zero-order valence-electron chi connectivity index (χ0n) is 11.4. The number of rotatable bonds is 3. The van der Waals surface area contributed by atoms with Gasteiger partial charge in [0.2, 0.25) is 0 Å². The first-order valence-corrected chi connectivity index (χ1v) is 6.36. The van der Waals surface area contributed by atoms with E-state index in [4.69, 9.17) is 4.74 Å². The van der Waals surface area contributed by atoms with Gasteiger partial charge in [-0.05, 0) is 31.5 Å². The molecule has 0 aromatic heterocycles. The molecule has 5 heteroatoms. The smallest absolute Gasteiger partial charge is 0.260 e. The monoisotopic (exact) mass is 284 g/mol. The van der Waals surface area contributed by atoms with Gasteiger partial charge in [0, 0.05) is 25.7 Å². The SMILES string of the molecule is Cc1cccc(OCC(=O)N2CCNC[C@@H]2C)c1.Cl. The van der Waals surface area contributed by atoms with E-state index in [9.17, 15) is 4.79 Å². The standard InChI is InChI=1S/C14H20N2O2.ClH/c1-11-4-3-5-13(8-11)18-10-14(17)16-7-6-15-9-12(16)2;/h3-5,8,12,15H,6-7,9-10H2,1-2H3;1H/t12-;/m0./s1. The lowest BCUT2D eigenvalue weighted by Gasteiger charge is -2.33. The van der Waals surface area contributed by atoms with E-state index in [1.54, 1.807) is 0 Å². The molecule has 4 nitrogen and oxygen atoms in total. The van der Waals surface area contributed by atoms with Crippen molar-refractivity contribution < 1.29 is 9.53 Å². The van der Waals surface area contributed by atoms with E-state index < -0.39 is 0 Å². The Labute approximate surface area is 120 Å². The summed E-state index contributed by atoms with van der Waals surface area (Å²) in [5.74, 6) is 0.816. The predicted octanol–water partition coefficient (Wildman–Crippen LogP) is 1.62. The highest BCUT2D eigenvalue weighted by atomic mass is 35.5. The van der Waals surface area contributed by atoms with E-state index in [2.05, 4.69) is 12.2 Å². The van der Waals surface area contributed by atoms with Crippen LogP contribution in [-0.4, -0.2) is 43.1 Å². The van der Waals surface area contributed by atoms with Crippen molar-refractivity contribution in [2.45, 2.75) is 19.9 Å². The van der Waals surface area contributed by atoms with Crippen molar-refractivity contribution in [1.82, 2.24) is 10.2 Å². The van der Waals surface area contributed by atoms with E-state index >= 15 is 0 Å². The summed E-state index contributed by atoms with van der Waals surface area (Å²) in [6, 6.07) is 8.00. The van der Waals surface area contributed by atoms with Gasteiger partial charge < -0.3 is 15.0 Å².